The number of hydrogen-bond acceptors (Lipinski definition) is 3. The Bertz CT molecular complexity index is 204. The van der Waals surface area contributed by atoms with Gasteiger partial charge in [-0.1, -0.05) is 58.3 Å². The van der Waals surface area contributed by atoms with Crippen LogP contribution in [0.3, 0.4) is 0 Å². The van der Waals surface area contributed by atoms with Crippen molar-refractivity contribution in [2.45, 2.75) is 84.2 Å². The van der Waals surface area contributed by atoms with Gasteiger partial charge in [-0.05, 0) is 13.3 Å². The van der Waals surface area contributed by atoms with Gasteiger partial charge in [0, 0.05) is 13.5 Å². The maximum atomic E-state index is 11.4. The zero-order chi connectivity index (χ0) is 14.3. The molecule has 0 aliphatic carbocycles. The van der Waals surface area contributed by atoms with Crippen LogP contribution in [-0.2, 0) is 14.3 Å². The smallest absolute Gasteiger partial charge is 0.305 e. The predicted octanol–water partition coefficient (Wildman–Crippen LogP) is 4.49. The molecule has 0 aliphatic rings. The van der Waals surface area contributed by atoms with Crippen LogP contribution in [0.4, 0.5) is 0 Å². The normalized spacial score (nSPS) is 12.4. The van der Waals surface area contributed by atoms with E-state index in [9.17, 15) is 4.79 Å². The number of hydrogen-bond donors (Lipinski definition) is 0. The van der Waals surface area contributed by atoms with Crippen molar-refractivity contribution in [2.24, 2.45) is 0 Å². The summed E-state index contributed by atoms with van der Waals surface area (Å²) in [5, 5.41) is 0. The van der Waals surface area contributed by atoms with Gasteiger partial charge >= 0.3 is 5.97 Å². The van der Waals surface area contributed by atoms with Gasteiger partial charge in [0.2, 0.25) is 0 Å². The van der Waals surface area contributed by atoms with E-state index in [1.54, 1.807) is 7.11 Å². The average Bonchev–Trinajstić information content (AvgIpc) is 2.42. The minimum Gasteiger partial charge on any atom is -0.463 e. The maximum absolute atomic E-state index is 11.4. The van der Waals surface area contributed by atoms with Gasteiger partial charge in [-0.2, -0.15) is 0 Å². The Morgan fingerprint density at radius 3 is 2.00 bits per heavy atom. The molecule has 0 spiro atoms. The molecule has 114 valence electrons. The van der Waals surface area contributed by atoms with Gasteiger partial charge in [0.25, 0.3) is 0 Å². The Morgan fingerprint density at radius 1 is 0.947 bits per heavy atom. The van der Waals surface area contributed by atoms with Crippen molar-refractivity contribution in [1.82, 2.24) is 0 Å². The molecule has 0 aromatic rings. The highest BCUT2D eigenvalue weighted by atomic mass is 16.6. The van der Waals surface area contributed by atoms with Crippen molar-refractivity contribution in [3.8, 4) is 0 Å². The van der Waals surface area contributed by atoms with Crippen molar-refractivity contribution in [3.05, 3.63) is 0 Å². The zero-order valence-corrected chi connectivity index (χ0v) is 13.1. The van der Waals surface area contributed by atoms with Crippen LogP contribution in [0.25, 0.3) is 0 Å². The summed E-state index contributed by atoms with van der Waals surface area (Å²) in [5.41, 5.74) is 0. The largest absolute Gasteiger partial charge is 0.463 e. The maximum Gasteiger partial charge on any atom is 0.305 e. The third kappa shape index (κ3) is 13.7. The summed E-state index contributed by atoms with van der Waals surface area (Å²) in [6.07, 6.45) is 11.9. The second-order valence-electron chi connectivity index (χ2n) is 5.31. The summed E-state index contributed by atoms with van der Waals surface area (Å²) >= 11 is 0. The Morgan fingerprint density at radius 2 is 1.47 bits per heavy atom. The van der Waals surface area contributed by atoms with E-state index in [4.69, 9.17) is 9.47 Å². The van der Waals surface area contributed by atoms with Gasteiger partial charge in [-0.25, -0.2) is 0 Å². The van der Waals surface area contributed by atoms with Crippen LogP contribution in [0.2, 0.25) is 0 Å². The van der Waals surface area contributed by atoms with Gasteiger partial charge in [0.1, 0.15) is 6.61 Å². The van der Waals surface area contributed by atoms with Gasteiger partial charge in [-0.15, -0.1) is 0 Å². The molecule has 0 bridgehead atoms. The molecular formula is C16H32O3. The van der Waals surface area contributed by atoms with Crippen LogP contribution in [0.15, 0.2) is 0 Å². The highest BCUT2D eigenvalue weighted by Gasteiger charge is 2.05. The Balaban J connectivity index is 3.18. The lowest BCUT2D eigenvalue weighted by Crippen LogP contribution is -2.17. The standard InChI is InChI=1S/C16H32O3/c1-4-5-6-7-8-9-10-11-12-13-16(17)19-14-15(2)18-3/h15H,4-14H2,1-3H3. The molecule has 0 aromatic heterocycles. The number of methoxy groups -OCH3 is 1. The molecule has 0 N–H and O–H groups in total. The van der Waals surface area contributed by atoms with Gasteiger partial charge in [0.05, 0.1) is 6.10 Å². The SMILES string of the molecule is CCCCCCCCCCCC(=O)OCC(C)OC. The Kier molecular flexibility index (Phi) is 13.4. The first-order valence-corrected chi connectivity index (χ1v) is 7.89. The lowest BCUT2D eigenvalue weighted by Gasteiger charge is -2.09. The molecule has 0 aliphatic heterocycles. The minimum atomic E-state index is -0.0909. The fraction of sp³-hybridized carbons (Fsp3) is 0.938. The number of carbonyl (C=O) groups is 1. The molecule has 0 amide bonds. The minimum absolute atomic E-state index is 0.00734. The molecule has 1 atom stereocenters. The van der Waals surface area contributed by atoms with Crippen LogP contribution in [0, 0.1) is 0 Å². The molecule has 1 unspecified atom stereocenters. The molecular weight excluding hydrogens is 240 g/mol. The summed E-state index contributed by atoms with van der Waals surface area (Å²) in [4.78, 5) is 11.4. The fourth-order valence-electron chi connectivity index (χ4n) is 1.93. The second-order valence-corrected chi connectivity index (χ2v) is 5.31. The number of unbranched alkanes of at least 4 members (excludes halogenated alkanes) is 8. The fourth-order valence-corrected chi connectivity index (χ4v) is 1.93. The number of carbonyl (C=O) groups excluding carboxylic acids is 1. The summed E-state index contributed by atoms with van der Waals surface area (Å²) in [7, 11) is 1.62. The molecule has 0 fully saturated rings. The molecule has 0 aromatic carbocycles. The summed E-state index contributed by atoms with van der Waals surface area (Å²) in [5.74, 6) is -0.0909. The Labute approximate surface area is 119 Å². The molecule has 3 heteroatoms. The summed E-state index contributed by atoms with van der Waals surface area (Å²) in [6.45, 7) is 4.51. The van der Waals surface area contributed by atoms with E-state index in [1.807, 2.05) is 6.92 Å². The van der Waals surface area contributed by atoms with Crippen molar-refractivity contribution >= 4 is 5.97 Å². The van der Waals surface area contributed by atoms with Crippen molar-refractivity contribution in [1.29, 1.82) is 0 Å². The van der Waals surface area contributed by atoms with E-state index in [0.29, 0.717) is 13.0 Å². The average molecular weight is 272 g/mol. The van der Waals surface area contributed by atoms with E-state index in [0.717, 1.165) is 12.8 Å². The van der Waals surface area contributed by atoms with Crippen molar-refractivity contribution in [3.63, 3.8) is 0 Å². The van der Waals surface area contributed by atoms with Gasteiger partial charge < -0.3 is 9.47 Å². The third-order valence-electron chi connectivity index (χ3n) is 3.37. The summed E-state index contributed by atoms with van der Waals surface area (Å²) in [6, 6.07) is 0. The van der Waals surface area contributed by atoms with Crippen molar-refractivity contribution in [2.75, 3.05) is 13.7 Å². The number of ether oxygens (including phenoxy) is 2. The highest BCUT2D eigenvalue weighted by Crippen LogP contribution is 2.10. The quantitative estimate of drug-likeness (QED) is 0.366. The molecule has 19 heavy (non-hydrogen) atoms. The van der Waals surface area contributed by atoms with Gasteiger partial charge in [0.15, 0.2) is 0 Å². The van der Waals surface area contributed by atoms with E-state index in [-0.39, 0.29) is 12.1 Å². The topological polar surface area (TPSA) is 35.5 Å². The zero-order valence-electron chi connectivity index (χ0n) is 13.1. The van der Waals surface area contributed by atoms with Crippen LogP contribution in [0.5, 0.6) is 0 Å². The number of rotatable bonds is 13. The third-order valence-corrected chi connectivity index (χ3v) is 3.37. The molecule has 0 saturated carbocycles. The van der Waals surface area contributed by atoms with Gasteiger partial charge in [-0.3, -0.25) is 4.79 Å². The second kappa shape index (κ2) is 13.9. The molecule has 0 saturated heterocycles. The van der Waals surface area contributed by atoms with E-state index < -0.39 is 0 Å². The van der Waals surface area contributed by atoms with Crippen molar-refractivity contribution < 1.29 is 14.3 Å². The predicted molar refractivity (Wildman–Crippen MR) is 79.3 cm³/mol. The number of esters is 1. The molecule has 3 nitrogen and oxygen atoms in total. The first-order chi connectivity index (χ1) is 9.20. The van der Waals surface area contributed by atoms with Crippen LogP contribution >= 0.6 is 0 Å². The van der Waals surface area contributed by atoms with E-state index >= 15 is 0 Å². The summed E-state index contributed by atoms with van der Waals surface area (Å²) < 4.78 is 10.1. The molecule has 0 rings (SSSR count). The molecule has 0 heterocycles. The lowest BCUT2D eigenvalue weighted by atomic mass is 10.1. The highest BCUT2D eigenvalue weighted by molar-refractivity contribution is 5.69. The Hall–Kier alpha value is -0.570. The van der Waals surface area contributed by atoms with E-state index in [1.165, 1.54) is 44.9 Å². The van der Waals surface area contributed by atoms with Crippen LogP contribution in [-0.4, -0.2) is 25.8 Å². The first kappa shape index (κ1) is 18.4. The lowest BCUT2D eigenvalue weighted by molar-refractivity contribution is -0.147. The van der Waals surface area contributed by atoms with Crippen LogP contribution in [0.1, 0.15) is 78.1 Å². The molecule has 0 radical (unpaired) electrons. The van der Waals surface area contributed by atoms with Crippen LogP contribution < -0.4 is 0 Å². The monoisotopic (exact) mass is 272 g/mol. The van der Waals surface area contributed by atoms with E-state index in [2.05, 4.69) is 6.92 Å². The first-order valence-electron chi connectivity index (χ1n) is 7.89.